The van der Waals surface area contributed by atoms with Gasteiger partial charge in [0.05, 0.1) is 12.8 Å². The predicted octanol–water partition coefficient (Wildman–Crippen LogP) is 4.74. The molecule has 0 aromatic heterocycles. The minimum absolute atomic E-state index is 0.276. The molecule has 0 spiro atoms. The molecule has 0 fully saturated rings. The Morgan fingerprint density at radius 2 is 1.92 bits per heavy atom. The molecule has 0 aliphatic carbocycles. The number of carbonyl (C=O) groups is 2. The maximum atomic E-state index is 12.2. The molecule has 8 heteroatoms. The summed E-state index contributed by atoms with van der Waals surface area (Å²) in [5, 5.41) is 2.67. The van der Waals surface area contributed by atoms with E-state index in [1.807, 2.05) is 6.26 Å². The third-order valence-electron chi connectivity index (χ3n) is 3.17. The summed E-state index contributed by atoms with van der Waals surface area (Å²) in [7, 11) is 1.48. The van der Waals surface area contributed by atoms with Crippen molar-refractivity contribution in [2.24, 2.45) is 0 Å². The highest BCUT2D eigenvalue weighted by Gasteiger charge is 2.16. The van der Waals surface area contributed by atoms with E-state index < -0.39 is 18.5 Å². The summed E-state index contributed by atoms with van der Waals surface area (Å²) < 4.78 is 11.9. The number of esters is 1. The molecule has 2 aromatic rings. The summed E-state index contributed by atoms with van der Waals surface area (Å²) in [5.41, 5.74) is 0.865. The van der Waals surface area contributed by atoms with Crippen molar-refractivity contribution in [3.05, 3.63) is 50.9 Å². The second kappa shape index (κ2) is 9.26. The molecule has 25 heavy (non-hydrogen) atoms. The number of hydrogen-bond acceptors (Lipinski definition) is 5. The van der Waals surface area contributed by atoms with E-state index in [2.05, 4.69) is 37.2 Å². The Labute approximate surface area is 166 Å². The van der Waals surface area contributed by atoms with E-state index in [1.165, 1.54) is 18.9 Å². The van der Waals surface area contributed by atoms with Crippen LogP contribution in [0.4, 0.5) is 5.69 Å². The number of benzene rings is 2. The van der Waals surface area contributed by atoms with Gasteiger partial charge in [-0.1, -0.05) is 15.9 Å². The number of ether oxygens (including phenoxy) is 2. The van der Waals surface area contributed by atoms with E-state index in [0.29, 0.717) is 11.4 Å². The van der Waals surface area contributed by atoms with Gasteiger partial charge in [-0.05, 0) is 58.6 Å². The van der Waals surface area contributed by atoms with Crippen LogP contribution in [-0.2, 0) is 9.53 Å². The van der Waals surface area contributed by atoms with Crippen molar-refractivity contribution >= 4 is 61.2 Å². The molecule has 0 aliphatic heterocycles. The molecule has 0 saturated carbocycles. The summed E-state index contributed by atoms with van der Waals surface area (Å²) in [6.45, 7) is -0.394. The molecule has 0 atom stereocenters. The number of halogens is 2. The van der Waals surface area contributed by atoms with Crippen molar-refractivity contribution in [3.8, 4) is 5.75 Å². The van der Waals surface area contributed by atoms with Gasteiger partial charge in [-0.25, -0.2) is 4.79 Å². The number of methoxy groups -OCH3 is 1. The Morgan fingerprint density at radius 1 is 1.16 bits per heavy atom. The molecular weight excluding hydrogens is 474 g/mol. The van der Waals surface area contributed by atoms with E-state index in [1.54, 1.807) is 36.4 Å². The van der Waals surface area contributed by atoms with Crippen LogP contribution in [0.15, 0.2) is 50.2 Å². The van der Waals surface area contributed by atoms with Crippen molar-refractivity contribution in [3.63, 3.8) is 0 Å². The average Bonchev–Trinajstić information content (AvgIpc) is 2.61. The Kier molecular flexibility index (Phi) is 7.34. The molecular formula is C17H15Br2NO4S. The zero-order valence-corrected chi connectivity index (χ0v) is 17.5. The van der Waals surface area contributed by atoms with Gasteiger partial charge in [0.2, 0.25) is 0 Å². The third-order valence-corrected chi connectivity index (χ3v) is 5.04. The number of rotatable bonds is 6. The quantitative estimate of drug-likeness (QED) is 0.470. The highest BCUT2D eigenvalue weighted by Crippen LogP contribution is 2.27. The van der Waals surface area contributed by atoms with Gasteiger partial charge < -0.3 is 14.8 Å². The highest BCUT2D eigenvalue weighted by atomic mass is 79.9. The van der Waals surface area contributed by atoms with Gasteiger partial charge >= 0.3 is 5.97 Å². The number of anilines is 1. The van der Waals surface area contributed by atoms with Crippen molar-refractivity contribution in [2.45, 2.75) is 4.90 Å². The largest absolute Gasteiger partial charge is 0.496 e. The first-order valence-electron chi connectivity index (χ1n) is 7.08. The van der Waals surface area contributed by atoms with Crippen LogP contribution < -0.4 is 10.1 Å². The number of nitrogens with one attached hydrogen (secondary N) is 1. The van der Waals surface area contributed by atoms with E-state index in [-0.39, 0.29) is 5.56 Å². The fourth-order valence-electron chi connectivity index (χ4n) is 1.95. The first kappa shape index (κ1) is 19.8. The molecule has 0 saturated heterocycles. The van der Waals surface area contributed by atoms with Crippen LogP contribution in [0.2, 0.25) is 0 Å². The summed E-state index contributed by atoms with van der Waals surface area (Å²) in [4.78, 5) is 25.1. The van der Waals surface area contributed by atoms with Gasteiger partial charge in [-0.3, -0.25) is 4.79 Å². The van der Waals surface area contributed by atoms with Crippen LogP contribution in [0, 0.1) is 0 Å². The number of amides is 1. The third kappa shape index (κ3) is 5.49. The fraction of sp³-hybridized carbons (Fsp3) is 0.176. The Morgan fingerprint density at radius 3 is 2.56 bits per heavy atom. The van der Waals surface area contributed by atoms with Gasteiger partial charge in [-0.15, -0.1) is 11.8 Å². The van der Waals surface area contributed by atoms with Gasteiger partial charge in [-0.2, -0.15) is 0 Å². The SMILES string of the molecule is COc1cc(SC)ccc1C(=O)OCC(=O)Nc1ccc(Br)cc1Br. The van der Waals surface area contributed by atoms with Crippen molar-refractivity contribution in [2.75, 3.05) is 25.3 Å². The molecule has 0 bridgehead atoms. The molecule has 1 amide bonds. The molecule has 2 aromatic carbocycles. The summed E-state index contributed by atoms with van der Waals surface area (Å²) >= 11 is 8.23. The molecule has 5 nitrogen and oxygen atoms in total. The summed E-state index contributed by atoms with van der Waals surface area (Å²) in [6.07, 6.45) is 1.93. The molecule has 0 radical (unpaired) electrons. The summed E-state index contributed by atoms with van der Waals surface area (Å²) in [6, 6.07) is 10.5. The van der Waals surface area contributed by atoms with Gasteiger partial charge in [0.15, 0.2) is 6.61 Å². The van der Waals surface area contributed by atoms with Crippen LogP contribution in [0.5, 0.6) is 5.75 Å². The maximum Gasteiger partial charge on any atom is 0.342 e. The standard InChI is InChI=1S/C17H15Br2NO4S/c1-23-15-8-11(25-2)4-5-12(15)17(22)24-9-16(21)20-14-6-3-10(18)7-13(14)19/h3-8H,9H2,1-2H3,(H,20,21). The van der Waals surface area contributed by atoms with E-state index in [4.69, 9.17) is 9.47 Å². The van der Waals surface area contributed by atoms with Crippen LogP contribution in [0.25, 0.3) is 0 Å². The zero-order chi connectivity index (χ0) is 18.4. The Hall–Kier alpha value is -1.51. The molecule has 1 N–H and O–H groups in total. The first-order chi connectivity index (χ1) is 11.9. The topological polar surface area (TPSA) is 64.6 Å². The van der Waals surface area contributed by atoms with E-state index >= 15 is 0 Å². The first-order valence-corrected chi connectivity index (χ1v) is 9.89. The van der Waals surface area contributed by atoms with Crippen LogP contribution in [0.3, 0.4) is 0 Å². The minimum atomic E-state index is -0.616. The van der Waals surface area contributed by atoms with Gasteiger partial charge in [0, 0.05) is 13.8 Å². The van der Waals surface area contributed by atoms with E-state index in [9.17, 15) is 9.59 Å². The van der Waals surface area contributed by atoms with Gasteiger partial charge in [0.25, 0.3) is 5.91 Å². The van der Waals surface area contributed by atoms with Crippen molar-refractivity contribution in [1.29, 1.82) is 0 Å². The van der Waals surface area contributed by atoms with Crippen LogP contribution >= 0.6 is 43.6 Å². The molecule has 2 rings (SSSR count). The summed E-state index contributed by atoms with van der Waals surface area (Å²) in [5.74, 6) is -0.640. The number of hydrogen-bond donors (Lipinski definition) is 1. The lowest BCUT2D eigenvalue weighted by Gasteiger charge is -2.11. The molecule has 0 aliphatic rings. The fourth-order valence-corrected chi connectivity index (χ4v) is 3.53. The van der Waals surface area contributed by atoms with E-state index in [0.717, 1.165) is 13.8 Å². The highest BCUT2D eigenvalue weighted by molar-refractivity contribution is 9.11. The molecule has 0 unspecified atom stereocenters. The number of thioether (sulfide) groups is 1. The lowest BCUT2D eigenvalue weighted by molar-refractivity contribution is -0.119. The Bertz CT molecular complexity index is 798. The molecule has 0 heterocycles. The van der Waals surface area contributed by atoms with Crippen LogP contribution in [0.1, 0.15) is 10.4 Å². The normalized spacial score (nSPS) is 10.2. The zero-order valence-electron chi connectivity index (χ0n) is 13.5. The predicted molar refractivity (Wildman–Crippen MR) is 106 cm³/mol. The smallest absolute Gasteiger partial charge is 0.342 e. The van der Waals surface area contributed by atoms with Crippen LogP contribution in [-0.4, -0.2) is 31.8 Å². The second-order valence-corrected chi connectivity index (χ2v) is 7.46. The lowest BCUT2D eigenvalue weighted by Crippen LogP contribution is -2.21. The number of carbonyl (C=O) groups excluding carboxylic acids is 2. The minimum Gasteiger partial charge on any atom is -0.496 e. The Balaban J connectivity index is 1.98. The maximum absolute atomic E-state index is 12.2. The average molecular weight is 489 g/mol. The van der Waals surface area contributed by atoms with Crippen molar-refractivity contribution < 1.29 is 19.1 Å². The second-order valence-electron chi connectivity index (χ2n) is 4.81. The lowest BCUT2D eigenvalue weighted by atomic mass is 10.2. The molecule has 132 valence electrons. The van der Waals surface area contributed by atoms with Crippen molar-refractivity contribution in [1.82, 2.24) is 0 Å². The van der Waals surface area contributed by atoms with Gasteiger partial charge in [0.1, 0.15) is 11.3 Å². The monoisotopic (exact) mass is 487 g/mol.